The van der Waals surface area contributed by atoms with E-state index in [4.69, 9.17) is 14.6 Å². The van der Waals surface area contributed by atoms with Crippen LogP contribution in [-0.4, -0.2) is 65.8 Å². The van der Waals surface area contributed by atoms with E-state index < -0.39 is 11.7 Å². The molecule has 0 radical (unpaired) electrons. The molecule has 6 heteroatoms. The lowest BCUT2D eigenvalue weighted by molar-refractivity contribution is -0.0259. The van der Waals surface area contributed by atoms with Crippen molar-refractivity contribution >= 4 is 6.09 Å². The summed E-state index contributed by atoms with van der Waals surface area (Å²) >= 11 is 0. The summed E-state index contributed by atoms with van der Waals surface area (Å²) in [5.41, 5.74) is -0.481. The molecule has 0 aromatic rings. The third-order valence-electron chi connectivity index (χ3n) is 3.26. The molecule has 0 aliphatic carbocycles. The van der Waals surface area contributed by atoms with E-state index in [0.29, 0.717) is 13.1 Å². The van der Waals surface area contributed by atoms with Crippen LogP contribution in [0.2, 0.25) is 0 Å². The summed E-state index contributed by atoms with van der Waals surface area (Å²) in [5.74, 6) is 0.132. The predicted molar refractivity (Wildman–Crippen MR) is 74.4 cm³/mol. The van der Waals surface area contributed by atoms with Crippen molar-refractivity contribution in [3.8, 4) is 0 Å². The van der Waals surface area contributed by atoms with Gasteiger partial charge >= 0.3 is 6.09 Å². The number of aliphatic hydroxyl groups is 2. The van der Waals surface area contributed by atoms with Crippen LogP contribution < -0.4 is 0 Å². The highest BCUT2D eigenvalue weighted by atomic mass is 16.6. The number of carbonyl (C=O) groups is 1. The third-order valence-corrected chi connectivity index (χ3v) is 3.26. The normalized spacial score (nSPS) is 18.9. The van der Waals surface area contributed by atoms with Crippen LogP contribution in [0.5, 0.6) is 0 Å². The minimum absolute atomic E-state index is 0.0379. The second-order valence-corrected chi connectivity index (χ2v) is 6.17. The van der Waals surface area contributed by atoms with Gasteiger partial charge in [0.05, 0.1) is 25.9 Å². The zero-order valence-electron chi connectivity index (χ0n) is 12.7. The Labute approximate surface area is 120 Å². The van der Waals surface area contributed by atoms with Crippen molar-refractivity contribution in [2.45, 2.75) is 45.3 Å². The number of nitrogens with zero attached hydrogens (tertiary/aromatic N) is 1. The quantitative estimate of drug-likeness (QED) is 0.738. The van der Waals surface area contributed by atoms with Crippen LogP contribution in [0.1, 0.15) is 33.6 Å². The van der Waals surface area contributed by atoms with Crippen molar-refractivity contribution in [1.29, 1.82) is 0 Å². The van der Waals surface area contributed by atoms with Gasteiger partial charge in [0.25, 0.3) is 0 Å². The number of hydrogen-bond donors (Lipinski definition) is 2. The number of rotatable bonds is 5. The van der Waals surface area contributed by atoms with E-state index in [1.165, 1.54) is 0 Å². The molecule has 1 amide bonds. The molecule has 6 nitrogen and oxygen atoms in total. The van der Waals surface area contributed by atoms with Crippen molar-refractivity contribution in [1.82, 2.24) is 4.90 Å². The van der Waals surface area contributed by atoms with Gasteiger partial charge in [0.2, 0.25) is 0 Å². The van der Waals surface area contributed by atoms with Gasteiger partial charge in [-0.25, -0.2) is 4.79 Å². The summed E-state index contributed by atoms with van der Waals surface area (Å²) in [4.78, 5) is 13.6. The van der Waals surface area contributed by atoms with Crippen LogP contribution in [0.4, 0.5) is 4.79 Å². The Hall–Kier alpha value is -0.850. The number of ether oxygens (including phenoxy) is 2. The van der Waals surface area contributed by atoms with Gasteiger partial charge in [-0.05, 0) is 39.5 Å². The van der Waals surface area contributed by atoms with Crippen molar-refractivity contribution in [3.63, 3.8) is 0 Å². The molecule has 1 atom stereocenters. The Balaban J connectivity index is 2.30. The molecular formula is C14H27NO5. The number of likely N-dealkylation sites (tertiary alicyclic amines) is 1. The Morgan fingerprint density at radius 2 is 1.95 bits per heavy atom. The molecule has 2 N–H and O–H groups in total. The highest BCUT2D eigenvalue weighted by Crippen LogP contribution is 2.22. The summed E-state index contributed by atoms with van der Waals surface area (Å²) in [6.45, 7) is 7.17. The Morgan fingerprint density at radius 1 is 1.35 bits per heavy atom. The Morgan fingerprint density at radius 3 is 2.45 bits per heavy atom. The Bertz CT molecular complexity index is 294. The van der Waals surface area contributed by atoms with Crippen LogP contribution in [0, 0.1) is 5.92 Å². The molecular weight excluding hydrogens is 262 g/mol. The molecule has 0 saturated carbocycles. The second-order valence-electron chi connectivity index (χ2n) is 6.17. The maximum Gasteiger partial charge on any atom is 0.410 e. The summed E-state index contributed by atoms with van der Waals surface area (Å²) in [6, 6.07) is 0. The molecule has 20 heavy (non-hydrogen) atoms. The number of hydrogen-bond acceptors (Lipinski definition) is 5. The summed E-state index contributed by atoms with van der Waals surface area (Å²) in [6.07, 6.45) is 0.649. The smallest absolute Gasteiger partial charge is 0.410 e. The fourth-order valence-corrected chi connectivity index (χ4v) is 2.20. The fraction of sp³-hybridized carbons (Fsp3) is 0.929. The van der Waals surface area contributed by atoms with Gasteiger partial charge in [0.1, 0.15) is 5.60 Å². The van der Waals surface area contributed by atoms with E-state index in [0.717, 1.165) is 12.8 Å². The number of carbonyl (C=O) groups excluding carboxylic acids is 1. The van der Waals surface area contributed by atoms with Gasteiger partial charge in [0.15, 0.2) is 0 Å². The van der Waals surface area contributed by atoms with Gasteiger partial charge in [-0.15, -0.1) is 0 Å². The molecule has 1 heterocycles. The molecule has 1 unspecified atom stereocenters. The zero-order chi connectivity index (χ0) is 15.2. The van der Waals surface area contributed by atoms with E-state index in [1.807, 2.05) is 20.8 Å². The van der Waals surface area contributed by atoms with Crippen LogP contribution >= 0.6 is 0 Å². The minimum Gasteiger partial charge on any atom is -0.444 e. The van der Waals surface area contributed by atoms with E-state index in [2.05, 4.69) is 0 Å². The molecule has 0 aromatic heterocycles. The fourth-order valence-electron chi connectivity index (χ4n) is 2.20. The van der Waals surface area contributed by atoms with E-state index in [-0.39, 0.29) is 31.8 Å². The van der Waals surface area contributed by atoms with E-state index in [1.54, 1.807) is 4.90 Å². The lowest BCUT2D eigenvalue weighted by Gasteiger charge is -2.35. The average molecular weight is 289 g/mol. The third kappa shape index (κ3) is 6.07. The van der Waals surface area contributed by atoms with Crippen LogP contribution in [-0.2, 0) is 9.47 Å². The first-order valence-corrected chi connectivity index (χ1v) is 7.18. The van der Waals surface area contributed by atoms with Crippen molar-refractivity contribution in [3.05, 3.63) is 0 Å². The molecule has 0 aromatic carbocycles. The van der Waals surface area contributed by atoms with Crippen molar-refractivity contribution in [2.75, 3.05) is 32.9 Å². The molecule has 118 valence electrons. The second kappa shape index (κ2) is 7.81. The number of aliphatic hydroxyl groups excluding tert-OH is 2. The maximum atomic E-state index is 11.9. The molecule has 1 aliphatic heterocycles. The van der Waals surface area contributed by atoms with Crippen LogP contribution in [0.3, 0.4) is 0 Å². The lowest BCUT2D eigenvalue weighted by atomic mass is 9.92. The van der Waals surface area contributed by atoms with Gasteiger partial charge in [0, 0.05) is 13.1 Å². The molecule has 0 spiro atoms. The monoisotopic (exact) mass is 289 g/mol. The van der Waals surface area contributed by atoms with E-state index >= 15 is 0 Å². The van der Waals surface area contributed by atoms with Gasteiger partial charge in [-0.2, -0.15) is 0 Å². The summed E-state index contributed by atoms with van der Waals surface area (Å²) in [5, 5.41) is 18.6. The molecule has 0 bridgehead atoms. The molecule has 1 rings (SSSR count). The van der Waals surface area contributed by atoms with Gasteiger partial charge in [-0.1, -0.05) is 0 Å². The zero-order valence-corrected chi connectivity index (χ0v) is 12.7. The first-order valence-electron chi connectivity index (χ1n) is 7.18. The van der Waals surface area contributed by atoms with Gasteiger partial charge < -0.3 is 24.6 Å². The van der Waals surface area contributed by atoms with Crippen LogP contribution in [0.15, 0.2) is 0 Å². The lowest BCUT2D eigenvalue weighted by Crippen LogP contribution is -2.44. The first-order chi connectivity index (χ1) is 9.33. The van der Waals surface area contributed by atoms with Gasteiger partial charge in [-0.3, -0.25) is 0 Å². The standard InChI is InChI=1S/C14H27NO5/c1-14(2,3)20-13(18)15-6-4-11(5-7-15)12(17)10-19-9-8-16/h11-12,16-17H,4-10H2,1-3H3. The highest BCUT2D eigenvalue weighted by molar-refractivity contribution is 5.68. The summed E-state index contributed by atoms with van der Waals surface area (Å²) < 4.78 is 10.5. The van der Waals surface area contributed by atoms with E-state index in [9.17, 15) is 9.90 Å². The molecule has 1 fully saturated rings. The topological polar surface area (TPSA) is 79.2 Å². The molecule has 1 saturated heterocycles. The van der Waals surface area contributed by atoms with Crippen molar-refractivity contribution < 1.29 is 24.5 Å². The average Bonchev–Trinajstić information content (AvgIpc) is 2.37. The Kier molecular flexibility index (Phi) is 6.71. The summed E-state index contributed by atoms with van der Waals surface area (Å²) in [7, 11) is 0. The molecule has 1 aliphatic rings. The number of amides is 1. The van der Waals surface area contributed by atoms with Crippen LogP contribution in [0.25, 0.3) is 0 Å². The minimum atomic E-state index is -0.540. The maximum absolute atomic E-state index is 11.9. The van der Waals surface area contributed by atoms with Crippen molar-refractivity contribution in [2.24, 2.45) is 5.92 Å². The first kappa shape index (κ1) is 17.2. The number of piperidine rings is 1. The largest absolute Gasteiger partial charge is 0.444 e. The SMILES string of the molecule is CC(C)(C)OC(=O)N1CCC(C(O)COCCO)CC1. The predicted octanol–water partition coefficient (Wildman–Crippen LogP) is 1.00. The highest BCUT2D eigenvalue weighted by Gasteiger charge is 2.29.